The highest BCUT2D eigenvalue weighted by Crippen LogP contribution is 2.55. The number of aryl methyl sites for hydroxylation is 1. The summed E-state index contributed by atoms with van der Waals surface area (Å²) in [4.78, 5) is 43.2. The van der Waals surface area contributed by atoms with Crippen molar-refractivity contribution in [2.75, 3.05) is 12.3 Å². The number of hydrogen-bond acceptors (Lipinski definition) is 6. The minimum absolute atomic E-state index is 0.193. The van der Waals surface area contributed by atoms with Crippen LogP contribution in [0.2, 0.25) is 0 Å². The van der Waals surface area contributed by atoms with Gasteiger partial charge >= 0.3 is 0 Å². The molecule has 39 heavy (non-hydrogen) atoms. The Morgan fingerprint density at radius 3 is 2.41 bits per heavy atom. The fourth-order valence-corrected chi connectivity index (χ4v) is 9.44. The molecule has 1 atom stereocenters. The standard InChI is InChI=1S/C31H42N4O3S/c1-20-33-24-8-7-9-26(28(24)30(38)35(20)25-10-11-27(36)34-29(25)37)39-13-6-4-2-3-5-12-32-31-17-21-14-22(18-31)16-23(15-21)19-31/h7-9,21-23,25,32H,2-6,10-19H2,1H3,(H,34,36,37)/t21?,22?,23?,25-,31?/m1/s1. The first kappa shape index (κ1) is 27.0. The Hall–Kier alpha value is -2.19. The molecule has 210 valence electrons. The predicted octanol–water partition coefficient (Wildman–Crippen LogP) is 5.28. The largest absolute Gasteiger partial charge is 0.311 e. The van der Waals surface area contributed by atoms with Gasteiger partial charge in [0.15, 0.2) is 0 Å². The summed E-state index contributed by atoms with van der Waals surface area (Å²) in [5, 5.41) is 6.97. The molecule has 4 saturated carbocycles. The number of amides is 2. The smallest absolute Gasteiger partial charge is 0.263 e. The third-order valence-corrected chi connectivity index (χ3v) is 10.9. The maximum atomic E-state index is 13.6. The van der Waals surface area contributed by atoms with Gasteiger partial charge in [-0.15, -0.1) is 11.8 Å². The number of carbonyl (C=O) groups is 2. The highest BCUT2D eigenvalue weighted by Gasteiger charge is 2.50. The van der Waals surface area contributed by atoms with Crippen LogP contribution in [0, 0.1) is 24.7 Å². The number of thioether (sulfide) groups is 1. The number of unbranched alkanes of at least 4 members (excludes halogenated alkanes) is 4. The number of hydrogen-bond donors (Lipinski definition) is 2. The van der Waals surface area contributed by atoms with Gasteiger partial charge in [0.1, 0.15) is 11.9 Å². The average molecular weight is 551 g/mol. The van der Waals surface area contributed by atoms with Gasteiger partial charge in [0.05, 0.1) is 10.9 Å². The van der Waals surface area contributed by atoms with E-state index in [1.165, 1.54) is 75.3 Å². The highest BCUT2D eigenvalue weighted by molar-refractivity contribution is 7.99. The van der Waals surface area contributed by atoms with Crippen LogP contribution in [0.1, 0.15) is 95.3 Å². The first-order chi connectivity index (χ1) is 18.9. The number of benzene rings is 1. The molecule has 1 aromatic heterocycles. The molecule has 1 aliphatic heterocycles. The molecule has 4 aliphatic carbocycles. The maximum absolute atomic E-state index is 13.6. The van der Waals surface area contributed by atoms with Gasteiger partial charge in [-0.1, -0.05) is 25.3 Å². The Morgan fingerprint density at radius 1 is 1.00 bits per heavy atom. The van der Waals surface area contributed by atoms with Crippen LogP contribution in [0.15, 0.2) is 27.9 Å². The number of nitrogens with zero attached hydrogens (tertiary/aromatic N) is 2. The maximum Gasteiger partial charge on any atom is 0.263 e. The lowest BCUT2D eigenvalue weighted by Crippen LogP contribution is -2.58. The van der Waals surface area contributed by atoms with Gasteiger partial charge in [0.25, 0.3) is 5.56 Å². The molecule has 1 aromatic carbocycles. The fourth-order valence-electron chi connectivity index (χ4n) is 8.36. The van der Waals surface area contributed by atoms with Crippen molar-refractivity contribution in [2.45, 2.75) is 107 Å². The molecule has 8 heteroatoms. The minimum atomic E-state index is -0.692. The second kappa shape index (κ2) is 11.4. The molecule has 2 heterocycles. The normalized spacial score (nSPS) is 29.8. The van der Waals surface area contributed by atoms with Crippen LogP contribution in [-0.2, 0) is 9.59 Å². The van der Waals surface area contributed by atoms with Crippen LogP contribution in [0.5, 0.6) is 0 Å². The Balaban J connectivity index is 0.973. The summed E-state index contributed by atoms with van der Waals surface area (Å²) < 4.78 is 1.48. The molecule has 7 rings (SSSR count). The van der Waals surface area contributed by atoms with Crippen LogP contribution >= 0.6 is 11.8 Å². The summed E-state index contributed by atoms with van der Waals surface area (Å²) in [5.74, 6) is 3.76. The second-order valence-corrected chi connectivity index (χ2v) is 13.8. The molecule has 2 aromatic rings. The zero-order valence-corrected chi connectivity index (χ0v) is 24.0. The van der Waals surface area contributed by atoms with E-state index < -0.39 is 11.9 Å². The molecule has 2 N–H and O–H groups in total. The van der Waals surface area contributed by atoms with Gasteiger partial charge in [-0.2, -0.15) is 0 Å². The Morgan fingerprint density at radius 2 is 1.69 bits per heavy atom. The quantitative estimate of drug-likeness (QED) is 0.225. The molecular formula is C31H42N4O3S. The van der Waals surface area contributed by atoms with Crippen LogP contribution in [0.25, 0.3) is 10.9 Å². The second-order valence-electron chi connectivity index (χ2n) is 12.7. The van der Waals surface area contributed by atoms with E-state index in [0.717, 1.165) is 34.8 Å². The first-order valence-corrected chi connectivity index (χ1v) is 16.1. The van der Waals surface area contributed by atoms with Crippen molar-refractivity contribution < 1.29 is 9.59 Å². The van der Waals surface area contributed by atoms with E-state index in [9.17, 15) is 14.4 Å². The monoisotopic (exact) mass is 550 g/mol. The first-order valence-electron chi connectivity index (χ1n) is 15.1. The lowest BCUT2D eigenvalue weighted by atomic mass is 9.53. The number of aromatic nitrogens is 2. The lowest BCUT2D eigenvalue weighted by Gasteiger charge is -2.57. The van der Waals surface area contributed by atoms with Crippen LogP contribution in [0.4, 0.5) is 0 Å². The fraction of sp³-hybridized carbons (Fsp3) is 0.677. The van der Waals surface area contributed by atoms with E-state index in [2.05, 4.69) is 15.6 Å². The molecule has 5 fully saturated rings. The summed E-state index contributed by atoms with van der Waals surface area (Å²) in [6, 6.07) is 5.10. The number of nitrogens with one attached hydrogen (secondary N) is 2. The van der Waals surface area contributed by atoms with Crippen LogP contribution in [0.3, 0.4) is 0 Å². The van der Waals surface area contributed by atoms with E-state index in [1.54, 1.807) is 18.7 Å². The van der Waals surface area contributed by atoms with Gasteiger partial charge in [-0.05, 0) is 107 Å². The van der Waals surface area contributed by atoms with Gasteiger partial charge in [-0.25, -0.2) is 4.98 Å². The summed E-state index contributed by atoms with van der Waals surface area (Å²) in [6.07, 6.45) is 15.5. The van der Waals surface area contributed by atoms with Gasteiger partial charge in [-0.3, -0.25) is 24.3 Å². The average Bonchev–Trinajstić information content (AvgIpc) is 2.88. The predicted molar refractivity (Wildman–Crippen MR) is 155 cm³/mol. The SMILES string of the molecule is Cc1nc2cccc(SCCCCCCCNC34CC5CC(CC(C5)C3)C4)c2c(=O)n1[C@@H]1CCC(=O)NC1=O. The Labute approximate surface area is 235 Å². The van der Waals surface area contributed by atoms with Crippen molar-refractivity contribution in [1.82, 2.24) is 20.2 Å². The number of piperidine rings is 1. The van der Waals surface area contributed by atoms with Crippen molar-refractivity contribution in [1.29, 1.82) is 0 Å². The topological polar surface area (TPSA) is 93.1 Å². The van der Waals surface area contributed by atoms with Crippen molar-refractivity contribution >= 4 is 34.5 Å². The lowest BCUT2D eigenvalue weighted by molar-refractivity contribution is -0.135. The number of rotatable bonds is 11. The van der Waals surface area contributed by atoms with E-state index in [1.807, 2.05) is 18.2 Å². The summed E-state index contributed by atoms with van der Waals surface area (Å²) >= 11 is 1.71. The van der Waals surface area contributed by atoms with Gasteiger partial charge in [0.2, 0.25) is 11.8 Å². The van der Waals surface area contributed by atoms with Crippen molar-refractivity contribution in [3.63, 3.8) is 0 Å². The molecule has 5 aliphatic rings. The molecule has 2 amide bonds. The summed E-state index contributed by atoms with van der Waals surface area (Å²) in [5.41, 5.74) is 0.952. The van der Waals surface area contributed by atoms with Crippen LogP contribution in [-0.4, -0.2) is 39.2 Å². The zero-order chi connectivity index (χ0) is 27.0. The molecule has 1 saturated heterocycles. The van der Waals surface area contributed by atoms with Gasteiger partial charge in [0, 0.05) is 16.9 Å². The molecular weight excluding hydrogens is 508 g/mol. The summed E-state index contributed by atoms with van der Waals surface area (Å²) in [7, 11) is 0. The van der Waals surface area contributed by atoms with E-state index in [-0.39, 0.29) is 17.9 Å². The number of carbonyl (C=O) groups excluding carboxylic acids is 2. The third kappa shape index (κ3) is 5.69. The molecule has 4 bridgehead atoms. The number of imide groups is 1. The minimum Gasteiger partial charge on any atom is -0.311 e. The highest BCUT2D eigenvalue weighted by atomic mass is 32.2. The van der Waals surface area contributed by atoms with Crippen molar-refractivity contribution in [3.8, 4) is 0 Å². The summed E-state index contributed by atoms with van der Waals surface area (Å²) in [6.45, 7) is 2.92. The third-order valence-electron chi connectivity index (χ3n) is 9.71. The molecule has 0 unspecified atom stereocenters. The van der Waals surface area contributed by atoms with E-state index >= 15 is 0 Å². The van der Waals surface area contributed by atoms with Crippen molar-refractivity contribution in [3.05, 3.63) is 34.4 Å². The molecule has 0 spiro atoms. The Bertz CT molecular complexity index is 1270. The zero-order valence-electron chi connectivity index (χ0n) is 23.2. The van der Waals surface area contributed by atoms with Crippen LogP contribution < -0.4 is 16.2 Å². The van der Waals surface area contributed by atoms with E-state index in [4.69, 9.17) is 0 Å². The van der Waals surface area contributed by atoms with Crippen molar-refractivity contribution in [2.24, 2.45) is 17.8 Å². The molecule has 7 nitrogen and oxygen atoms in total. The van der Waals surface area contributed by atoms with E-state index in [0.29, 0.717) is 28.7 Å². The molecule has 0 radical (unpaired) electrons. The Kier molecular flexibility index (Phi) is 7.86. The van der Waals surface area contributed by atoms with Gasteiger partial charge < -0.3 is 5.32 Å². The number of fused-ring (bicyclic) bond motifs is 1.